The van der Waals surface area contributed by atoms with Crippen LogP contribution in [0.2, 0.25) is 0 Å². The number of hydrogen-bond acceptors (Lipinski definition) is 4. The second kappa shape index (κ2) is 4.78. The Kier molecular flexibility index (Phi) is 3.11. The molecule has 3 nitrogen and oxygen atoms in total. The molecule has 3 rings (SSSR count). The van der Waals surface area contributed by atoms with Gasteiger partial charge in [0.05, 0.1) is 17.2 Å². The molecule has 4 heteroatoms. The van der Waals surface area contributed by atoms with Crippen LogP contribution < -0.4 is 4.74 Å². The fourth-order valence-electron chi connectivity index (χ4n) is 2.49. The first-order valence-electron chi connectivity index (χ1n) is 6.37. The maximum Gasteiger partial charge on any atom is 0.171 e. The number of carbonyl (C=O) groups is 1. The molecule has 0 bridgehead atoms. The van der Waals surface area contributed by atoms with Gasteiger partial charge in [-0.1, -0.05) is 18.2 Å². The molecule has 1 unspecified atom stereocenters. The van der Waals surface area contributed by atoms with E-state index >= 15 is 0 Å². The Morgan fingerprint density at radius 3 is 2.95 bits per heavy atom. The van der Waals surface area contributed by atoms with Gasteiger partial charge in [0.1, 0.15) is 10.8 Å². The van der Waals surface area contributed by atoms with Gasteiger partial charge in [0.2, 0.25) is 0 Å². The van der Waals surface area contributed by atoms with Crippen LogP contribution in [0.5, 0.6) is 5.75 Å². The third-order valence-corrected chi connectivity index (χ3v) is 4.76. The smallest absolute Gasteiger partial charge is 0.171 e. The van der Waals surface area contributed by atoms with Crippen molar-refractivity contribution in [2.45, 2.75) is 26.2 Å². The summed E-state index contributed by atoms with van der Waals surface area (Å²) in [7, 11) is 0. The van der Waals surface area contributed by atoms with Gasteiger partial charge < -0.3 is 4.74 Å². The number of ketones is 1. The average Bonchev–Trinajstić information content (AvgIpc) is 2.80. The quantitative estimate of drug-likeness (QED) is 0.785. The van der Waals surface area contributed by atoms with E-state index in [9.17, 15) is 4.79 Å². The number of aromatic nitrogens is 1. The topological polar surface area (TPSA) is 39.2 Å². The minimum atomic E-state index is 0.0987. The van der Waals surface area contributed by atoms with E-state index in [1.165, 1.54) is 16.9 Å². The molecule has 0 saturated carbocycles. The zero-order valence-corrected chi connectivity index (χ0v) is 11.8. The lowest BCUT2D eigenvalue weighted by molar-refractivity contribution is 0.102. The number of para-hydroxylation sites is 1. The SMILES string of the molecule is CC(=O)c1sc(C2CCOc3ccccc32)nc1C. The number of hydrogen-bond donors (Lipinski definition) is 0. The Balaban J connectivity index is 2.04. The van der Waals surface area contributed by atoms with Crippen LogP contribution in [0.4, 0.5) is 0 Å². The van der Waals surface area contributed by atoms with Gasteiger partial charge in [-0.3, -0.25) is 4.79 Å². The number of nitrogens with zero attached hydrogens (tertiary/aromatic N) is 1. The highest BCUT2D eigenvalue weighted by Crippen LogP contribution is 2.39. The van der Waals surface area contributed by atoms with Crippen LogP contribution in [0.15, 0.2) is 24.3 Å². The molecule has 2 aromatic rings. The van der Waals surface area contributed by atoms with E-state index in [4.69, 9.17) is 4.74 Å². The molecular formula is C15H15NO2S. The molecule has 1 aliphatic rings. The zero-order chi connectivity index (χ0) is 13.4. The lowest BCUT2D eigenvalue weighted by Crippen LogP contribution is -2.14. The second-order valence-corrected chi connectivity index (χ2v) is 5.78. The van der Waals surface area contributed by atoms with Crippen LogP contribution in [0.3, 0.4) is 0 Å². The molecule has 0 fully saturated rings. The number of rotatable bonds is 2. The average molecular weight is 273 g/mol. The highest BCUT2D eigenvalue weighted by Gasteiger charge is 2.26. The molecule has 98 valence electrons. The first-order valence-corrected chi connectivity index (χ1v) is 7.18. The van der Waals surface area contributed by atoms with Crippen LogP contribution in [0, 0.1) is 6.92 Å². The number of aryl methyl sites for hydroxylation is 1. The monoisotopic (exact) mass is 273 g/mol. The second-order valence-electron chi connectivity index (χ2n) is 4.75. The summed E-state index contributed by atoms with van der Waals surface area (Å²) in [5, 5.41) is 1.03. The molecule has 0 aliphatic carbocycles. The summed E-state index contributed by atoms with van der Waals surface area (Å²) in [4.78, 5) is 16.9. The number of ether oxygens (including phenoxy) is 1. The molecule has 0 spiro atoms. The fourth-order valence-corrected chi connectivity index (χ4v) is 3.61. The summed E-state index contributed by atoms with van der Waals surface area (Å²) in [6, 6.07) is 8.08. The Morgan fingerprint density at radius 2 is 2.21 bits per heavy atom. The van der Waals surface area contributed by atoms with Crippen molar-refractivity contribution < 1.29 is 9.53 Å². The third kappa shape index (κ3) is 2.16. The number of benzene rings is 1. The van der Waals surface area contributed by atoms with E-state index in [0.29, 0.717) is 6.61 Å². The van der Waals surface area contributed by atoms with Gasteiger partial charge in [0.25, 0.3) is 0 Å². The van der Waals surface area contributed by atoms with E-state index in [2.05, 4.69) is 11.1 Å². The predicted octanol–water partition coefficient (Wildman–Crippen LogP) is 3.57. The molecule has 2 heterocycles. The molecule has 19 heavy (non-hydrogen) atoms. The lowest BCUT2D eigenvalue weighted by atomic mass is 9.94. The standard InChI is InChI=1S/C15H15NO2S/c1-9-14(10(2)17)19-15(16-9)12-7-8-18-13-6-4-3-5-11(12)13/h3-6,12H,7-8H2,1-2H3. The van der Waals surface area contributed by atoms with E-state index in [0.717, 1.165) is 27.7 Å². The van der Waals surface area contributed by atoms with Crippen molar-refractivity contribution in [3.8, 4) is 5.75 Å². The Bertz CT molecular complexity index is 633. The molecule has 0 radical (unpaired) electrons. The van der Waals surface area contributed by atoms with Crippen LogP contribution in [-0.2, 0) is 0 Å². The summed E-state index contributed by atoms with van der Waals surface area (Å²) in [6.07, 6.45) is 0.918. The zero-order valence-electron chi connectivity index (χ0n) is 11.0. The molecule has 0 saturated heterocycles. The largest absolute Gasteiger partial charge is 0.493 e. The number of fused-ring (bicyclic) bond motifs is 1. The molecule has 1 aliphatic heterocycles. The van der Waals surface area contributed by atoms with E-state index in [1.54, 1.807) is 6.92 Å². The summed E-state index contributed by atoms with van der Waals surface area (Å²) in [5.41, 5.74) is 2.02. The Hall–Kier alpha value is -1.68. The summed E-state index contributed by atoms with van der Waals surface area (Å²) in [6.45, 7) is 4.21. The van der Waals surface area contributed by atoms with E-state index in [-0.39, 0.29) is 11.7 Å². The highest BCUT2D eigenvalue weighted by molar-refractivity contribution is 7.14. The first kappa shape index (κ1) is 12.4. The minimum Gasteiger partial charge on any atom is -0.493 e. The van der Waals surface area contributed by atoms with Gasteiger partial charge in [-0.05, 0) is 19.4 Å². The summed E-state index contributed by atoms with van der Waals surface area (Å²) < 4.78 is 5.67. The maximum atomic E-state index is 11.6. The van der Waals surface area contributed by atoms with Gasteiger partial charge in [0, 0.05) is 18.4 Å². The minimum absolute atomic E-state index is 0.0987. The van der Waals surface area contributed by atoms with Crippen LogP contribution >= 0.6 is 11.3 Å². The van der Waals surface area contributed by atoms with Crippen molar-refractivity contribution >= 4 is 17.1 Å². The molecule has 1 aromatic carbocycles. The molecule has 1 aromatic heterocycles. The fraction of sp³-hybridized carbons (Fsp3) is 0.333. The van der Waals surface area contributed by atoms with Gasteiger partial charge in [-0.15, -0.1) is 11.3 Å². The van der Waals surface area contributed by atoms with Crippen molar-refractivity contribution in [1.82, 2.24) is 4.98 Å². The Morgan fingerprint density at radius 1 is 1.42 bits per heavy atom. The van der Waals surface area contributed by atoms with Crippen molar-refractivity contribution in [2.24, 2.45) is 0 Å². The molecule has 0 amide bonds. The van der Waals surface area contributed by atoms with Crippen LogP contribution in [-0.4, -0.2) is 17.4 Å². The van der Waals surface area contributed by atoms with Gasteiger partial charge in [-0.25, -0.2) is 4.98 Å². The maximum absolute atomic E-state index is 11.6. The Labute approximate surface area is 116 Å². The van der Waals surface area contributed by atoms with E-state index in [1.807, 2.05) is 25.1 Å². The van der Waals surface area contributed by atoms with Crippen molar-refractivity contribution in [1.29, 1.82) is 0 Å². The van der Waals surface area contributed by atoms with Gasteiger partial charge in [0.15, 0.2) is 5.78 Å². The predicted molar refractivity (Wildman–Crippen MR) is 75.3 cm³/mol. The van der Waals surface area contributed by atoms with Crippen molar-refractivity contribution in [3.05, 3.63) is 45.4 Å². The van der Waals surface area contributed by atoms with Crippen molar-refractivity contribution in [3.63, 3.8) is 0 Å². The van der Waals surface area contributed by atoms with E-state index < -0.39 is 0 Å². The van der Waals surface area contributed by atoms with Crippen LogP contribution in [0.25, 0.3) is 0 Å². The summed E-state index contributed by atoms with van der Waals surface area (Å²) in [5.74, 6) is 1.29. The molecular weight excluding hydrogens is 258 g/mol. The lowest BCUT2D eigenvalue weighted by Gasteiger charge is -2.24. The van der Waals surface area contributed by atoms with Gasteiger partial charge in [-0.2, -0.15) is 0 Å². The summed E-state index contributed by atoms with van der Waals surface area (Å²) >= 11 is 1.52. The number of thiazole rings is 1. The normalized spacial score (nSPS) is 17.7. The van der Waals surface area contributed by atoms with Gasteiger partial charge >= 0.3 is 0 Å². The van der Waals surface area contributed by atoms with Crippen molar-refractivity contribution in [2.75, 3.05) is 6.61 Å². The molecule has 1 atom stereocenters. The highest BCUT2D eigenvalue weighted by atomic mass is 32.1. The van der Waals surface area contributed by atoms with Crippen LogP contribution in [0.1, 0.15) is 45.2 Å². The first-order chi connectivity index (χ1) is 9.16. The molecule has 0 N–H and O–H groups in total. The number of carbonyl (C=O) groups excluding carboxylic acids is 1. The third-order valence-electron chi connectivity index (χ3n) is 3.39. The number of Topliss-reactive ketones (excluding diaryl/α,β-unsaturated/α-hetero) is 1.